The van der Waals surface area contributed by atoms with Gasteiger partial charge in [0.15, 0.2) is 0 Å². The molecule has 1 atom stereocenters. The van der Waals surface area contributed by atoms with Gasteiger partial charge in [-0.1, -0.05) is 6.92 Å². The topological polar surface area (TPSA) is 48.5 Å². The van der Waals surface area contributed by atoms with Gasteiger partial charge in [0.2, 0.25) is 5.91 Å². The van der Waals surface area contributed by atoms with Crippen molar-refractivity contribution in [3.05, 3.63) is 23.9 Å². The van der Waals surface area contributed by atoms with Gasteiger partial charge >= 0.3 is 6.18 Å². The molecule has 1 amide bonds. The fraction of sp³-hybridized carbons (Fsp3) is 0.684. The van der Waals surface area contributed by atoms with Gasteiger partial charge in [0.1, 0.15) is 5.82 Å². The number of carbonyl (C=O) groups excluding carboxylic acids is 1. The summed E-state index contributed by atoms with van der Waals surface area (Å²) in [6.45, 7) is 5.85. The minimum Gasteiger partial charge on any atom is -0.355 e. The minimum absolute atomic E-state index is 0.0425. The first-order valence-electron chi connectivity index (χ1n) is 9.68. The van der Waals surface area contributed by atoms with Crippen molar-refractivity contribution in [3.8, 4) is 0 Å². The fourth-order valence-electron chi connectivity index (χ4n) is 3.97. The van der Waals surface area contributed by atoms with Gasteiger partial charge in [-0.15, -0.1) is 0 Å². The molecule has 1 aromatic rings. The van der Waals surface area contributed by atoms with Crippen molar-refractivity contribution in [2.24, 2.45) is 5.92 Å². The Labute approximate surface area is 157 Å². The Morgan fingerprint density at radius 2 is 2.00 bits per heavy atom. The molecule has 0 bridgehead atoms. The first kappa shape index (κ1) is 19.9. The van der Waals surface area contributed by atoms with E-state index in [2.05, 4.69) is 22.1 Å². The van der Waals surface area contributed by atoms with Crippen LogP contribution < -0.4 is 10.2 Å². The number of alkyl halides is 3. The number of hydrogen-bond acceptors (Lipinski definition) is 4. The number of pyridine rings is 1. The van der Waals surface area contributed by atoms with Crippen LogP contribution in [0.3, 0.4) is 0 Å². The summed E-state index contributed by atoms with van der Waals surface area (Å²) < 4.78 is 39.8. The fourth-order valence-corrected chi connectivity index (χ4v) is 3.97. The molecule has 0 aliphatic carbocycles. The third kappa shape index (κ3) is 4.91. The van der Waals surface area contributed by atoms with E-state index in [9.17, 15) is 18.0 Å². The number of nitrogens with zero attached hydrogens (tertiary/aromatic N) is 3. The Kier molecular flexibility index (Phi) is 6.24. The van der Waals surface area contributed by atoms with Crippen molar-refractivity contribution in [2.45, 2.75) is 44.8 Å². The highest BCUT2D eigenvalue weighted by molar-refractivity contribution is 5.80. The zero-order valence-corrected chi connectivity index (χ0v) is 15.6. The first-order chi connectivity index (χ1) is 12.9. The maximum atomic E-state index is 13.3. The number of hydrogen-bond donors (Lipinski definition) is 1. The highest BCUT2D eigenvalue weighted by Gasteiger charge is 2.37. The zero-order chi connectivity index (χ0) is 19.4. The molecule has 2 aliphatic heterocycles. The molecule has 1 aromatic heterocycles. The number of carbonyl (C=O) groups is 1. The monoisotopic (exact) mass is 384 g/mol. The van der Waals surface area contributed by atoms with Crippen LogP contribution in [0.25, 0.3) is 0 Å². The van der Waals surface area contributed by atoms with E-state index in [1.54, 1.807) is 4.90 Å². The molecule has 3 rings (SSSR count). The summed E-state index contributed by atoms with van der Waals surface area (Å²) >= 11 is 0. The number of aromatic nitrogens is 1. The average molecular weight is 384 g/mol. The molecule has 2 saturated heterocycles. The molecular formula is C19H27F3N4O. The van der Waals surface area contributed by atoms with Crippen molar-refractivity contribution in [3.63, 3.8) is 0 Å². The molecule has 5 nitrogen and oxygen atoms in total. The highest BCUT2D eigenvalue weighted by Crippen LogP contribution is 2.36. The van der Waals surface area contributed by atoms with Crippen LogP contribution in [0.4, 0.5) is 19.0 Å². The minimum atomic E-state index is -4.45. The van der Waals surface area contributed by atoms with Crippen LogP contribution in [0.15, 0.2) is 18.3 Å². The smallest absolute Gasteiger partial charge is 0.355 e. The molecule has 0 spiro atoms. The molecule has 150 valence electrons. The Bertz CT molecular complexity index is 644. The quantitative estimate of drug-likeness (QED) is 0.867. The lowest BCUT2D eigenvalue weighted by Gasteiger charge is -2.36. The number of piperidine rings is 2. The summed E-state index contributed by atoms with van der Waals surface area (Å²) in [4.78, 5) is 20.6. The molecule has 27 heavy (non-hydrogen) atoms. The third-order valence-corrected chi connectivity index (χ3v) is 5.56. The van der Waals surface area contributed by atoms with Crippen LogP contribution in [0.5, 0.6) is 0 Å². The van der Waals surface area contributed by atoms with Crippen LogP contribution in [-0.2, 0) is 11.0 Å². The number of halogens is 3. The largest absolute Gasteiger partial charge is 0.419 e. The van der Waals surface area contributed by atoms with Crippen molar-refractivity contribution in [2.75, 3.05) is 37.6 Å². The van der Waals surface area contributed by atoms with E-state index in [-0.39, 0.29) is 30.2 Å². The Morgan fingerprint density at radius 3 is 2.67 bits per heavy atom. The second-order valence-corrected chi connectivity index (χ2v) is 7.37. The summed E-state index contributed by atoms with van der Waals surface area (Å²) in [7, 11) is 0. The predicted octanol–water partition coefficient (Wildman–Crippen LogP) is 2.92. The molecule has 3 heterocycles. The second-order valence-electron chi connectivity index (χ2n) is 7.37. The van der Waals surface area contributed by atoms with Gasteiger partial charge in [-0.3, -0.25) is 4.79 Å². The van der Waals surface area contributed by atoms with Gasteiger partial charge in [-0.2, -0.15) is 13.2 Å². The van der Waals surface area contributed by atoms with Crippen LogP contribution in [-0.4, -0.2) is 54.6 Å². The van der Waals surface area contributed by atoms with E-state index in [1.165, 1.54) is 12.3 Å². The Balaban J connectivity index is 1.62. The van der Waals surface area contributed by atoms with Gasteiger partial charge in [-0.05, 0) is 44.4 Å². The summed E-state index contributed by atoms with van der Waals surface area (Å²) in [5, 5.41) is 3.12. The zero-order valence-electron chi connectivity index (χ0n) is 15.6. The summed E-state index contributed by atoms with van der Waals surface area (Å²) in [6.07, 6.45) is 0.148. The first-order valence-corrected chi connectivity index (χ1v) is 9.68. The van der Waals surface area contributed by atoms with E-state index >= 15 is 0 Å². The van der Waals surface area contributed by atoms with Crippen molar-refractivity contribution >= 4 is 11.7 Å². The maximum absolute atomic E-state index is 13.3. The second kappa shape index (κ2) is 8.46. The van der Waals surface area contributed by atoms with Crippen LogP contribution in [0.2, 0.25) is 0 Å². The molecule has 2 fully saturated rings. The standard InChI is InChI=1S/C19H27F3N4O/c1-2-25-11-7-15(8-12-25)24-18(27)14-5-4-10-26(13-14)17-16(19(20,21)22)6-3-9-23-17/h3,6,9,14-15H,2,4-5,7-8,10-13H2,1H3,(H,24,27). The molecule has 0 aromatic carbocycles. The normalized spacial score (nSPS) is 22.7. The van der Waals surface area contributed by atoms with Gasteiger partial charge in [0, 0.05) is 38.4 Å². The lowest BCUT2D eigenvalue weighted by molar-refractivity contribution is -0.137. The van der Waals surface area contributed by atoms with E-state index in [1.807, 2.05) is 0 Å². The van der Waals surface area contributed by atoms with E-state index in [0.29, 0.717) is 19.4 Å². The van der Waals surface area contributed by atoms with Gasteiger partial charge in [0.05, 0.1) is 11.5 Å². The Hall–Kier alpha value is -1.83. The van der Waals surface area contributed by atoms with Crippen molar-refractivity contribution < 1.29 is 18.0 Å². The number of rotatable bonds is 4. The molecule has 8 heteroatoms. The Morgan fingerprint density at radius 1 is 1.26 bits per heavy atom. The van der Waals surface area contributed by atoms with E-state index < -0.39 is 11.7 Å². The third-order valence-electron chi connectivity index (χ3n) is 5.56. The lowest BCUT2D eigenvalue weighted by atomic mass is 9.95. The van der Waals surface area contributed by atoms with Gasteiger partial charge in [0.25, 0.3) is 0 Å². The van der Waals surface area contributed by atoms with Crippen molar-refractivity contribution in [1.82, 2.24) is 15.2 Å². The van der Waals surface area contributed by atoms with E-state index in [4.69, 9.17) is 0 Å². The number of amides is 1. The molecular weight excluding hydrogens is 357 g/mol. The predicted molar refractivity (Wildman–Crippen MR) is 97.5 cm³/mol. The molecule has 0 saturated carbocycles. The van der Waals surface area contributed by atoms with Crippen LogP contribution in [0, 0.1) is 5.92 Å². The number of nitrogens with one attached hydrogen (secondary N) is 1. The highest BCUT2D eigenvalue weighted by atomic mass is 19.4. The summed E-state index contributed by atoms with van der Waals surface area (Å²) in [5.41, 5.74) is -0.738. The van der Waals surface area contributed by atoms with E-state index in [0.717, 1.165) is 38.5 Å². The molecule has 1 unspecified atom stereocenters. The number of anilines is 1. The molecule has 0 radical (unpaired) electrons. The lowest BCUT2D eigenvalue weighted by Crippen LogP contribution is -2.49. The maximum Gasteiger partial charge on any atom is 0.419 e. The van der Waals surface area contributed by atoms with Gasteiger partial charge in [-0.25, -0.2) is 4.98 Å². The SMILES string of the molecule is CCN1CCC(NC(=O)C2CCCN(c3ncccc3C(F)(F)F)C2)CC1. The molecule has 1 N–H and O–H groups in total. The summed E-state index contributed by atoms with van der Waals surface area (Å²) in [6, 6.07) is 2.51. The van der Waals surface area contributed by atoms with Crippen LogP contribution >= 0.6 is 0 Å². The number of likely N-dealkylation sites (tertiary alicyclic amines) is 1. The summed E-state index contributed by atoms with van der Waals surface area (Å²) in [5.74, 6) is -0.413. The van der Waals surface area contributed by atoms with Gasteiger partial charge < -0.3 is 15.1 Å². The molecule has 2 aliphatic rings. The average Bonchev–Trinajstić information content (AvgIpc) is 2.68. The van der Waals surface area contributed by atoms with Crippen LogP contribution in [0.1, 0.15) is 38.2 Å². The van der Waals surface area contributed by atoms with Crippen molar-refractivity contribution in [1.29, 1.82) is 0 Å².